The normalized spacial score (nSPS) is 19.4. The van der Waals surface area contributed by atoms with Crippen molar-refractivity contribution in [1.82, 2.24) is 24.6 Å². The predicted octanol–water partition coefficient (Wildman–Crippen LogP) is 2.68. The van der Waals surface area contributed by atoms with Gasteiger partial charge in [-0.1, -0.05) is 12.1 Å². The summed E-state index contributed by atoms with van der Waals surface area (Å²) in [6.45, 7) is 5.96. The SMILES string of the molecule is CC(CN1c2nc[nH]c(=O)c2NC1c1cnn(Cc2cccc(C(F)(F)F)c2)c1)N1CCOCC1. The molecule has 0 bridgehead atoms. The minimum absolute atomic E-state index is 0.176. The first-order chi connectivity index (χ1) is 16.8. The fraction of sp³-hybridized carbons (Fsp3) is 0.435. The maximum atomic E-state index is 13.1. The second-order valence-electron chi connectivity index (χ2n) is 8.80. The van der Waals surface area contributed by atoms with E-state index in [-0.39, 0.29) is 24.3 Å². The molecule has 0 radical (unpaired) electrons. The number of H-pyrrole nitrogens is 1. The molecular formula is C23H26F3N7O2. The number of morpholine rings is 1. The number of hydrogen-bond acceptors (Lipinski definition) is 7. The molecule has 3 aromatic rings. The average Bonchev–Trinajstić information content (AvgIpc) is 3.45. The Morgan fingerprint density at radius 3 is 2.83 bits per heavy atom. The quantitative estimate of drug-likeness (QED) is 0.550. The van der Waals surface area contributed by atoms with Crippen molar-refractivity contribution >= 4 is 11.5 Å². The van der Waals surface area contributed by atoms with Crippen molar-refractivity contribution in [3.05, 3.63) is 70.0 Å². The molecule has 1 saturated heterocycles. The van der Waals surface area contributed by atoms with Gasteiger partial charge in [0.25, 0.3) is 5.56 Å². The molecule has 0 amide bonds. The number of benzene rings is 1. The van der Waals surface area contributed by atoms with Gasteiger partial charge in [0.2, 0.25) is 0 Å². The van der Waals surface area contributed by atoms with Crippen LogP contribution in [0.1, 0.15) is 29.8 Å². The summed E-state index contributed by atoms with van der Waals surface area (Å²) in [5.74, 6) is 0.560. The van der Waals surface area contributed by atoms with Crippen LogP contribution in [0.2, 0.25) is 0 Å². The monoisotopic (exact) mass is 489 g/mol. The summed E-state index contributed by atoms with van der Waals surface area (Å²) in [5, 5.41) is 7.63. The molecule has 186 valence electrons. The van der Waals surface area contributed by atoms with E-state index in [0.717, 1.165) is 30.8 Å². The van der Waals surface area contributed by atoms with Crippen molar-refractivity contribution in [2.75, 3.05) is 43.1 Å². The Bertz CT molecular complexity index is 1240. The Hall–Kier alpha value is -3.38. The molecule has 0 aliphatic carbocycles. The molecule has 0 saturated carbocycles. The van der Waals surface area contributed by atoms with Gasteiger partial charge in [-0.25, -0.2) is 4.98 Å². The second kappa shape index (κ2) is 9.34. The minimum atomic E-state index is -4.40. The molecule has 35 heavy (non-hydrogen) atoms. The fourth-order valence-electron chi connectivity index (χ4n) is 4.59. The fourth-order valence-corrected chi connectivity index (χ4v) is 4.59. The van der Waals surface area contributed by atoms with Gasteiger partial charge >= 0.3 is 6.18 Å². The number of alkyl halides is 3. The Labute approximate surface area is 199 Å². The highest BCUT2D eigenvalue weighted by atomic mass is 19.4. The average molecular weight is 490 g/mol. The van der Waals surface area contributed by atoms with Crippen LogP contribution in [-0.4, -0.2) is 63.5 Å². The lowest BCUT2D eigenvalue weighted by atomic mass is 10.1. The highest BCUT2D eigenvalue weighted by molar-refractivity contribution is 5.71. The van der Waals surface area contributed by atoms with Crippen molar-refractivity contribution in [3.8, 4) is 0 Å². The number of fused-ring (bicyclic) bond motifs is 1. The van der Waals surface area contributed by atoms with Gasteiger partial charge in [-0.2, -0.15) is 18.3 Å². The number of hydrogen-bond donors (Lipinski definition) is 2. The van der Waals surface area contributed by atoms with Gasteiger partial charge in [0.15, 0.2) is 5.82 Å². The Kier molecular flexibility index (Phi) is 6.24. The molecule has 5 rings (SSSR count). The van der Waals surface area contributed by atoms with Gasteiger partial charge in [-0.05, 0) is 24.6 Å². The number of aromatic amines is 1. The van der Waals surface area contributed by atoms with Gasteiger partial charge in [-0.3, -0.25) is 14.4 Å². The number of anilines is 2. The van der Waals surface area contributed by atoms with Crippen LogP contribution in [0, 0.1) is 0 Å². The number of halogens is 3. The summed E-state index contributed by atoms with van der Waals surface area (Å²) in [5.41, 5.74) is 0.704. The second-order valence-corrected chi connectivity index (χ2v) is 8.80. The van der Waals surface area contributed by atoms with Crippen LogP contribution in [0.4, 0.5) is 24.7 Å². The summed E-state index contributed by atoms with van der Waals surface area (Å²) in [6.07, 6.45) is 0.0408. The van der Waals surface area contributed by atoms with Crippen molar-refractivity contribution in [3.63, 3.8) is 0 Å². The minimum Gasteiger partial charge on any atom is -0.379 e. The molecule has 1 fully saturated rings. The number of aromatic nitrogens is 4. The van der Waals surface area contributed by atoms with Gasteiger partial charge in [0.1, 0.15) is 11.9 Å². The molecule has 2 atom stereocenters. The molecule has 2 aliphatic rings. The number of nitrogens with zero attached hydrogens (tertiary/aromatic N) is 5. The van der Waals surface area contributed by atoms with Crippen LogP contribution >= 0.6 is 0 Å². The third-order valence-corrected chi connectivity index (χ3v) is 6.40. The lowest BCUT2D eigenvalue weighted by Crippen LogP contribution is -2.48. The van der Waals surface area contributed by atoms with E-state index >= 15 is 0 Å². The smallest absolute Gasteiger partial charge is 0.379 e. The van der Waals surface area contributed by atoms with E-state index in [0.29, 0.717) is 36.8 Å². The molecule has 2 unspecified atom stereocenters. The van der Waals surface area contributed by atoms with E-state index in [1.807, 2.05) is 4.90 Å². The van der Waals surface area contributed by atoms with Crippen LogP contribution < -0.4 is 15.8 Å². The van der Waals surface area contributed by atoms with Crippen LogP contribution in [0.5, 0.6) is 0 Å². The number of nitrogens with one attached hydrogen (secondary N) is 2. The summed E-state index contributed by atoms with van der Waals surface area (Å²) < 4.78 is 46.3. The van der Waals surface area contributed by atoms with Gasteiger partial charge in [0.05, 0.1) is 37.8 Å². The van der Waals surface area contributed by atoms with Crippen molar-refractivity contribution in [2.24, 2.45) is 0 Å². The van der Waals surface area contributed by atoms with E-state index < -0.39 is 11.7 Å². The highest BCUT2D eigenvalue weighted by Gasteiger charge is 2.36. The zero-order chi connectivity index (χ0) is 24.6. The first-order valence-corrected chi connectivity index (χ1v) is 11.4. The van der Waals surface area contributed by atoms with E-state index in [4.69, 9.17) is 4.74 Å². The van der Waals surface area contributed by atoms with Gasteiger partial charge in [-0.15, -0.1) is 0 Å². The molecule has 12 heteroatoms. The summed E-state index contributed by atoms with van der Waals surface area (Å²) >= 11 is 0. The third kappa shape index (κ3) is 4.89. The first kappa shape index (κ1) is 23.4. The first-order valence-electron chi connectivity index (χ1n) is 11.4. The molecular weight excluding hydrogens is 463 g/mol. The molecule has 9 nitrogen and oxygen atoms in total. The Morgan fingerprint density at radius 2 is 2.06 bits per heavy atom. The molecule has 2 aromatic heterocycles. The van der Waals surface area contributed by atoms with Crippen LogP contribution in [0.15, 0.2) is 47.8 Å². The van der Waals surface area contributed by atoms with Crippen molar-refractivity contribution in [1.29, 1.82) is 0 Å². The van der Waals surface area contributed by atoms with E-state index in [1.165, 1.54) is 12.4 Å². The third-order valence-electron chi connectivity index (χ3n) is 6.40. The zero-order valence-corrected chi connectivity index (χ0v) is 19.1. The zero-order valence-electron chi connectivity index (χ0n) is 19.1. The van der Waals surface area contributed by atoms with E-state index in [1.54, 1.807) is 23.1 Å². The summed E-state index contributed by atoms with van der Waals surface area (Å²) in [6, 6.07) is 5.39. The van der Waals surface area contributed by atoms with Gasteiger partial charge < -0.3 is 19.9 Å². The van der Waals surface area contributed by atoms with E-state index in [9.17, 15) is 18.0 Å². The molecule has 2 N–H and O–H groups in total. The standard InChI is InChI=1S/C23H26F3N7O2/c1-15(31-5-7-35-8-6-31)11-33-20(30-19-21(33)27-14-28-22(19)34)17-10-29-32(13-17)12-16-3-2-4-18(9-16)23(24,25)26/h2-4,9-10,13-15,20,30H,5-8,11-12H2,1H3,(H,27,28,34). The lowest BCUT2D eigenvalue weighted by Gasteiger charge is -2.36. The van der Waals surface area contributed by atoms with Crippen molar-refractivity contribution < 1.29 is 17.9 Å². The van der Waals surface area contributed by atoms with Crippen LogP contribution in [0.25, 0.3) is 0 Å². The molecule has 2 aliphatic heterocycles. The topological polar surface area (TPSA) is 91.3 Å². The van der Waals surface area contributed by atoms with Crippen LogP contribution in [-0.2, 0) is 17.5 Å². The van der Waals surface area contributed by atoms with Crippen LogP contribution in [0.3, 0.4) is 0 Å². The summed E-state index contributed by atoms with van der Waals surface area (Å²) in [4.78, 5) is 23.8. The largest absolute Gasteiger partial charge is 0.416 e. The Balaban J connectivity index is 1.38. The maximum Gasteiger partial charge on any atom is 0.416 e. The summed E-state index contributed by atoms with van der Waals surface area (Å²) in [7, 11) is 0. The Morgan fingerprint density at radius 1 is 1.26 bits per heavy atom. The number of ether oxygens (including phenoxy) is 1. The highest BCUT2D eigenvalue weighted by Crippen LogP contribution is 2.37. The van der Waals surface area contributed by atoms with Crippen molar-refractivity contribution in [2.45, 2.75) is 31.9 Å². The molecule has 1 aromatic carbocycles. The number of rotatable bonds is 6. The maximum absolute atomic E-state index is 13.1. The molecule has 4 heterocycles. The molecule has 0 spiro atoms. The van der Waals surface area contributed by atoms with E-state index in [2.05, 4.69) is 32.2 Å². The lowest BCUT2D eigenvalue weighted by molar-refractivity contribution is -0.137. The van der Waals surface area contributed by atoms with Gasteiger partial charge in [0, 0.05) is 37.4 Å². The predicted molar refractivity (Wildman–Crippen MR) is 123 cm³/mol.